The molecule has 0 saturated carbocycles. The summed E-state index contributed by atoms with van der Waals surface area (Å²) >= 11 is 0. The fraction of sp³-hybridized carbons (Fsp3) is 0.500. The third-order valence-corrected chi connectivity index (χ3v) is 2.83. The molecule has 0 bridgehead atoms. The highest BCUT2D eigenvalue weighted by Gasteiger charge is 2.26. The largest absolute Gasteiger partial charge is 0.493 e. The second-order valence-corrected chi connectivity index (χ2v) is 4.20. The van der Waals surface area contributed by atoms with Gasteiger partial charge in [-0.3, -0.25) is 4.79 Å². The van der Waals surface area contributed by atoms with Crippen molar-refractivity contribution in [2.75, 3.05) is 20.8 Å². The molecular formula is C14H21NO4. The van der Waals surface area contributed by atoms with Crippen molar-refractivity contribution in [2.24, 2.45) is 5.73 Å². The molecule has 0 saturated heterocycles. The predicted molar refractivity (Wildman–Crippen MR) is 72.6 cm³/mol. The highest BCUT2D eigenvalue weighted by molar-refractivity contribution is 5.79. The van der Waals surface area contributed by atoms with Crippen LogP contribution in [-0.2, 0) is 9.53 Å². The Balaban J connectivity index is 3.13. The minimum Gasteiger partial charge on any atom is -0.493 e. The van der Waals surface area contributed by atoms with Crippen LogP contribution in [0.15, 0.2) is 18.2 Å². The van der Waals surface area contributed by atoms with Crippen LogP contribution in [0.3, 0.4) is 0 Å². The Morgan fingerprint density at radius 3 is 2.37 bits per heavy atom. The molecule has 5 nitrogen and oxygen atoms in total. The van der Waals surface area contributed by atoms with Gasteiger partial charge in [0.05, 0.1) is 26.7 Å². The summed E-state index contributed by atoms with van der Waals surface area (Å²) in [5, 5.41) is 0. The van der Waals surface area contributed by atoms with Gasteiger partial charge in [-0.05, 0) is 31.5 Å². The van der Waals surface area contributed by atoms with E-state index in [0.29, 0.717) is 18.1 Å². The first-order valence-electron chi connectivity index (χ1n) is 6.19. The van der Waals surface area contributed by atoms with Gasteiger partial charge in [0.2, 0.25) is 0 Å². The van der Waals surface area contributed by atoms with Gasteiger partial charge >= 0.3 is 5.97 Å². The van der Waals surface area contributed by atoms with Crippen LogP contribution in [0.4, 0.5) is 0 Å². The zero-order chi connectivity index (χ0) is 14.4. The summed E-state index contributed by atoms with van der Waals surface area (Å²) in [7, 11) is 3.11. The molecule has 0 aliphatic carbocycles. The first kappa shape index (κ1) is 15.3. The normalized spacial score (nSPS) is 13.5. The van der Waals surface area contributed by atoms with Gasteiger partial charge in [-0.1, -0.05) is 6.07 Å². The number of carbonyl (C=O) groups excluding carboxylic acids is 1. The summed E-state index contributed by atoms with van der Waals surface area (Å²) in [5.74, 6) is 0.331. The smallest absolute Gasteiger partial charge is 0.314 e. The Morgan fingerprint density at radius 1 is 1.26 bits per heavy atom. The van der Waals surface area contributed by atoms with Gasteiger partial charge in [-0.25, -0.2) is 0 Å². The van der Waals surface area contributed by atoms with Crippen LogP contribution in [0.2, 0.25) is 0 Å². The number of esters is 1. The van der Waals surface area contributed by atoms with Crippen LogP contribution < -0.4 is 15.2 Å². The van der Waals surface area contributed by atoms with Crippen molar-refractivity contribution in [3.8, 4) is 11.5 Å². The molecular weight excluding hydrogens is 246 g/mol. The molecule has 0 aromatic heterocycles. The molecule has 5 heteroatoms. The molecule has 0 fully saturated rings. The van der Waals surface area contributed by atoms with Gasteiger partial charge in [-0.2, -0.15) is 0 Å². The number of carbonyl (C=O) groups is 1. The number of ether oxygens (including phenoxy) is 3. The van der Waals surface area contributed by atoms with E-state index in [1.54, 1.807) is 46.3 Å². The molecule has 0 radical (unpaired) electrons. The van der Waals surface area contributed by atoms with Gasteiger partial charge in [0.15, 0.2) is 11.5 Å². The second-order valence-electron chi connectivity index (χ2n) is 4.20. The maximum Gasteiger partial charge on any atom is 0.314 e. The molecule has 0 aliphatic heterocycles. The monoisotopic (exact) mass is 267 g/mol. The molecule has 1 rings (SSSR count). The van der Waals surface area contributed by atoms with E-state index in [2.05, 4.69) is 0 Å². The fourth-order valence-electron chi connectivity index (χ4n) is 1.93. The van der Waals surface area contributed by atoms with E-state index < -0.39 is 5.92 Å². The molecule has 2 unspecified atom stereocenters. The average molecular weight is 267 g/mol. The molecule has 2 N–H and O–H groups in total. The van der Waals surface area contributed by atoms with Crippen LogP contribution >= 0.6 is 0 Å². The number of nitrogens with two attached hydrogens (primary N) is 1. The van der Waals surface area contributed by atoms with E-state index in [0.717, 1.165) is 5.56 Å². The quantitative estimate of drug-likeness (QED) is 0.794. The fourth-order valence-corrected chi connectivity index (χ4v) is 1.93. The second kappa shape index (κ2) is 6.99. The number of hydrogen-bond donors (Lipinski definition) is 1. The van der Waals surface area contributed by atoms with Crippen LogP contribution in [0, 0.1) is 0 Å². The molecule has 0 spiro atoms. The molecule has 1 aromatic carbocycles. The van der Waals surface area contributed by atoms with Crippen LogP contribution in [-0.4, -0.2) is 32.8 Å². The standard InChI is InChI=1S/C14H21NO4/c1-5-19-14(16)13(9(2)15)10-6-7-11(17-3)12(8-10)18-4/h6-9,13H,5,15H2,1-4H3. The van der Waals surface area contributed by atoms with Crippen molar-refractivity contribution in [3.05, 3.63) is 23.8 Å². The zero-order valence-corrected chi connectivity index (χ0v) is 11.8. The third-order valence-electron chi connectivity index (χ3n) is 2.83. The number of rotatable bonds is 6. The highest BCUT2D eigenvalue weighted by atomic mass is 16.5. The molecule has 0 aliphatic rings. The molecule has 0 heterocycles. The summed E-state index contributed by atoms with van der Waals surface area (Å²) in [4.78, 5) is 12.0. The van der Waals surface area contributed by atoms with Crippen LogP contribution in [0.1, 0.15) is 25.3 Å². The number of methoxy groups -OCH3 is 2. The van der Waals surface area contributed by atoms with Gasteiger partial charge in [0, 0.05) is 6.04 Å². The van der Waals surface area contributed by atoms with E-state index in [1.807, 2.05) is 0 Å². The van der Waals surface area contributed by atoms with Crippen LogP contribution in [0.25, 0.3) is 0 Å². The average Bonchev–Trinajstić information content (AvgIpc) is 2.38. The van der Waals surface area contributed by atoms with Gasteiger partial charge in [0.25, 0.3) is 0 Å². The Labute approximate surface area is 113 Å². The lowest BCUT2D eigenvalue weighted by Crippen LogP contribution is -2.32. The van der Waals surface area contributed by atoms with E-state index in [-0.39, 0.29) is 12.0 Å². The van der Waals surface area contributed by atoms with Gasteiger partial charge < -0.3 is 19.9 Å². The summed E-state index contributed by atoms with van der Waals surface area (Å²) in [6, 6.07) is 4.95. The number of benzene rings is 1. The van der Waals surface area contributed by atoms with E-state index in [4.69, 9.17) is 19.9 Å². The topological polar surface area (TPSA) is 70.8 Å². The first-order chi connectivity index (χ1) is 9.04. The third kappa shape index (κ3) is 3.61. The zero-order valence-electron chi connectivity index (χ0n) is 11.8. The predicted octanol–water partition coefficient (Wildman–Crippen LogP) is 1.70. The molecule has 1 aromatic rings. The lowest BCUT2D eigenvalue weighted by atomic mass is 9.92. The summed E-state index contributed by atoms with van der Waals surface area (Å²) in [6.45, 7) is 3.87. The Morgan fingerprint density at radius 2 is 1.89 bits per heavy atom. The SMILES string of the molecule is CCOC(=O)C(c1ccc(OC)c(OC)c1)C(C)N. The molecule has 0 amide bonds. The van der Waals surface area contributed by atoms with Crippen molar-refractivity contribution in [1.29, 1.82) is 0 Å². The minimum absolute atomic E-state index is 0.329. The summed E-state index contributed by atoms with van der Waals surface area (Å²) in [5.41, 5.74) is 6.64. The number of hydrogen-bond acceptors (Lipinski definition) is 5. The minimum atomic E-state index is -0.514. The van der Waals surface area contributed by atoms with E-state index in [9.17, 15) is 4.79 Å². The van der Waals surface area contributed by atoms with E-state index in [1.165, 1.54) is 0 Å². The molecule has 2 atom stereocenters. The molecule has 106 valence electrons. The summed E-state index contributed by atoms with van der Waals surface area (Å²) in [6.07, 6.45) is 0. The maximum atomic E-state index is 12.0. The Hall–Kier alpha value is -1.75. The highest BCUT2D eigenvalue weighted by Crippen LogP contribution is 2.32. The van der Waals surface area contributed by atoms with Gasteiger partial charge in [0.1, 0.15) is 0 Å². The first-order valence-corrected chi connectivity index (χ1v) is 6.19. The molecule has 19 heavy (non-hydrogen) atoms. The van der Waals surface area contributed by atoms with Crippen molar-refractivity contribution in [3.63, 3.8) is 0 Å². The van der Waals surface area contributed by atoms with Gasteiger partial charge in [-0.15, -0.1) is 0 Å². The Bertz CT molecular complexity index is 431. The van der Waals surface area contributed by atoms with E-state index >= 15 is 0 Å². The Kier molecular flexibility index (Phi) is 5.63. The maximum absolute atomic E-state index is 12.0. The summed E-state index contributed by atoms with van der Waals surface area (Å²) < 4.78 is 15.5. The lowest BCUT2D eigenvalue weighted by Gasteiger charge is -2.20. The van der Waals surface area contributed by atoms with Crippen LogP contribution in [0.5, 0.6) is 11.5 Å². The van der Waals surface area contributed by atoms with Crippen molar-refractivity contribution in [2.45, 2.75) is 25.8 Å². The van der Waals surface area contributed by atoms with Crippen molar-refractivity contribution in [1.82, 2.24) is 0 Å². The lowest BCUT2D eigenvalue weighted by molar-refractivity contribution is -0.145. The van der Waals surface area contributed by atoms with Crippen molar-refractivity contribution >= 4 is 5.97 Å². The van der Waals surface area contributed by atoms with Crippen molar-refractivity contribution < 1.29 is 19.0 Å².